The Morgan fingerprint density at radius 2 is 1.91 bits per heavy atom. The van der Waals surface area contributed by atoms with Gasteiger partial charge in [-0.15, -0.1) is 5.10 Å². The summed E-state index contributed by atoms with van der Waals surface area (Å²) in [5.74, 6) is 0.344. The summed E-state index contributed by atoms with van der Waals surface area (Å²) in [6, 6.07) is 10.4. The van der Waals surface area contributed by atoms with Crippen molar-refractivity contribution in [3.8, 4) is 5.75 Å². The summed E-state index contributed by atoms with van der Waals surface area (Å²) in [5.41, 5.74) is 11.8. The Bertz CT molecular complexity index is 758. The molecular formula is C15H13Cl3N4O. The molecule has 0 heterocycles. The van der Waals surface area contributed by atoms with Crippen LogP contribution in [0.1, 0.15) is 11.1 Å². The van der Waals surface area contributed by atoms with Gasteiger partial charge < -0.3 is 16.2 Å². The molecule has 0 spiro atoms. The zero-order valence-corrected chi connectivity index (χ0v) is 14.1. The van der Waals surface area contributed by atoms with Crippen LogP contribution in [-0.2, 0) is 6.61 Å². The van der Waals surface area contributed by atoms with E-state index in [-0.39, 0.29) is 12.6 Å². The number of nitrogens with zero attached hydrogens (tertiary/aromatic N) is 2. The first kappa shape index (κ1) is 17.4. The fraction of sp³-hybridized carbons (Fsp3) is 0.0667. The standard InChI is InChI=1S/C15H13Cl3N4O/c16-11-4-5-12(17)10(6-11)8-23-13-3-1-2-9(14(13)18)7-21-22-15(19)20/h1-7H,8H2,(H4,19,20,22). The molecule has 120 valence electrons. The molecule has 0 amide bonds. The van der Waals surface area contributed by atoms with E-state index >= 15 is 0 Å². The Kier molecular flexibility index (Phi) is 6.10. The summed E-state index contributed by atoms with van der Waals surface area (Å²) >= 11 is 18.3. The van der Waals surface area contributed by atoms with Crippen molar-refractivity contribution >= 4 is 47.0 Å². The predicted octanol–water partition coefficient (Wildman–Crippen LogP) is 3.83. The maximum atomic E-state index is 6.28. The van der Waals surface area contributed by atoms with Crippen molar-refractivity contribution in [1.29, 1.82) is 0 Å². The van der Waals surface area contributed by atoms with Gasteiger partial charge in [-0.2, -0.15) is 5.10 Å². The van der Waals surface area contributed by atoms with Gasteiger partial charge >= 0.3 is 0 Å². The molecule has 0 aliphatic carbocycles. The smallest absolute Gasteiger partial charge is 0.211 e. The van der Waals surface area contributed by atoms with Crippen LogP contribution >= 0.6 is 34.8 Å². The van der Waals surface area contributed by atoms with Crippen LogP contribution < -0.4 is 16.2 Å². The molecule has 5 nitrogen and oxygen atoms in total. The summed E-state index contributed by atoms with van der Waals surface area (Å²) in [5, 5.41) is 8.77. The molecule has 2 aromatic carbocycles. The minimum atomic E-state index is -0.139. The third kappa shape index (κ3) is 5.03. The van der Waals surface area contributed by atoms with Crippen LogP contribution in [0.3, 0.4) is 0 Å². The lowest BCUT2D eigenvalue weighted by molar-refractivity contribution is 0.306. The number of hydrogen-bond donors (Lipinski definition) is 2. The molecule has 0 aliphatic heterocycles. The molecule has 0 radical (unpaired) electrons. The molecule has 0 saturated carbocycles. The van der Waals surface area contributed by atoms with Crippen molar-refractivity contribution in [2.75, 3.05) is 0 Å². The van der Waals surface area contributed by atoms with E-state index in [4.69, 9.17) is 51.0 Å². The maximum Gasteiger partial charge on any atom is 0.211 e. The Morgan fingerprint density at radius 3 is 2.65 bits per heavy atom. The SMILES string of the molecule is NC(N)=NN=Cc1cccc(OCc2cc(Cl)ccc2Cl)c1Cl. The molecule has 0 atom stereocenters. The molecule has 0 saturated heterocycles. The fourth-order valence-electron chi connectivity index (χ4n) is 1.71. The number of hydrogen-bond acceptors (Lipinski definition) is 3. The Balaban J connectivity index is 2.16. The molecule has 0 aliphatic rings. The van der Waals surface area contributed by atoms with Gasteiger partial charge in [-0.3, -0.25) is 0 Å². The normalized spacial score (nSPS) is 10.7. The van der Waals surface area contributed by atoms with Crippen LogP contribution in [0, 0.1) is 0 Å². The van der Waals surface area contributed by atoms with Gasteiger partial charge in [0.15, 0.2) is 0 Å². The largest absolute Gasteiger partial charge is 0.487 e. The minimum absolute atomic E-state index is 0.139. The molecule has 8 heteroatoms. The maximum absolute atomic E-state index is 6.28. The van der Waals surface area contributed by atoms with E-state index in [1.54, 1.807) is 36.4 Å². The van der Waals surface area contributed by atoms with E-state index in [1.165, 1.54) is 6.21 Å². The van der Waals surface area contributed by atoms with Gasteiger partial charge in [-0.1, -0.05) is 46.9 Å². The van der Waals surface area contributed by atoms with E-state index in [1.807, 2.05) is 0 Å². The zero-order chi connectivity index (χ0) is 16.8. The Hall–Kier alpha value is -1.95. The number of ether oxygens (including phenoxy) is 1. The molecule has 2 rings (SSSR count). The molecular weight excluding hydrogens is 359 g/mol. The second kappa shape index (κ2) is 8.06. The topological polar surface area (TPSA) is 86.0 Å². The Labute approximate surface area is 148 Å². The van der Waals surface area contributed by atoms with E-state index in [0.29, 0.717) is 26.4 Å². The molecule has 0 unspecified atom stereocenters. The first-order valence-corrected chi connectivity index (χ1v) is 7.58. The zero-order valence-electron chi connectivity index (χ0n) is 11.8. The molecule has 0 aromatic heterocycles. The van der Waals surface area contributed by atoms with Gasteiger partial charge in [0.05, 0.1) is 11.2 Å². The Morgan fingerprint density at radius 1 is 1.13 bits per heavy atom. The first-order chi connectivity index (χ1) is 11.0. The number of nitrogens with two attached hydrogens (primary N) is 2. The van der Waals surface area contributed by atoms with Crippen LogP contribution in [0.25, 0.3) is 0 Å². The van der Waals surface area contributed by atoms with Gasteiger partial charge in [-0.25, -0.2) is 0 Å². The number of benzene rings is 2. The van der Waals surface area contributed by atoms with Crippen LogP contribution in [0.5, 0.6) is 5.75 Å². The van der Waals surface area contributed by atoms with Crippen molar-refractivity contribution in [1.82, 2.24) is 0 Å². The van der Waals surface area contributed by atoms with Crippen molar-refractivity contribution in [2.24, 2.45) is 21.7 Å². The monoisotopic (exact) mass is 370 g/mol. The first-order valence-electron chi connectivity index (χ1n) is 6.44. The van der Waals surface area contributed by atoms with Gasteiger partial charge in [0, 0.05) is 21.2 Å². The highest BCUT2D eigenvalue weighted by Gasteiger charge is 2.08. The number of guanidine groups is 1. The lowest BCUT2D eigenvalue weighted by atomic mass is 10.2. The third-order valence-corrected chi connectivity index (χ3v) is 3.76. The van der Waals surface area contributed by atoms with Crippen molar-refractivity contribution in [3.05, 3.63) is 62.6 Å². The number of rotatable bonds is 5. The minimum Gasteiger partial charge on any atom is -0.487 e. The van der Waals surface area contributed by atoms with Gasteiger partial charge in [-0.05, 0) is 24.3 Å². The van der Waals surface area contributed by atoms with Crippen LogP contribution in [0.4, 0.5) is 0 Å². The number of halogens is 3. The second-order valence-electron chi connectivity index (χ2n) is 4.45. The molecule has 0 bridgehead atoms. The van der Waals surface area contributed by atoms with Gasteiger partial charge in [0.2, 0.25) is 5.96 Å². The van der Waals surface area contributed by atoms with Gasteiger partial charge in [0.1, 0.15) is 12.4 Å². The average molecular weight is 372 g/mol. The van der Waals surface area contributed by atoms with E-state index in [0.717, 1.165) is 5.56 Å². The van der Waals surface area contributed by atoms with Gasteiger partial charge in [0.25, 0.3) is 0 Å². The second-order valence-corrected chi connectivity index (χ2v) is 5.67. The quantitative estimate of drug-likeness (QED) is 0.476. The van der Waals surface area contributed by atoms with E-state index in [2.05, 4.69) is 10.2 Å². The summed E-state index contributed by atoms with van der Waals surface area (Å²) in [4.78, 5) is 0. The fourth-order valence-corrected chi connectivity index (χ4v) is 2.30. The van der Waals surface area contributed by atoms with Crippen LogP contribution in [-0.4, -0.2) is 12.2 Å². The summed E-state index contributed by atoms with van der Waals surface area (Å²) in [7, 11) is 0. The predicted molar refractivity (Wildman–Crippen MR) is 95.6 cm³/mol. The molecule has 23 heavy (non-hydrogen) atoms. The molecule has 2 aromatic rings. The van der Waals surface area contributed by atoms with Crippen molar-refractivity contribution < 1.29 is 4.74 Å². The van der Waals surface area contributed by atoms with Crippen LogP contribution in [0.2, 0.25) is 15.1 Å². The third-order valence-electron chi connectivity index (χ3n) is 2.75. The summed E-state index contributed by atoms with van der Waals surface area (Å²) in [6.07, 6.45) is 1.43. The highest BCUT2D eigenvalue weighted by molar-refractivity contribution is 6.34. The molecule has 4 N–H and O–H groups in total. The average Bonchev–Trinajstić information content (AvgIpc) is 2.50. The van der Waals surface area contributed by atoms with Crippen molar-refractivity contribution in [3.63, 3.8) is 0 Å². The van der Waals surface area contributed by atoms with Crippen LogP contribution in [0.15, 0.2) is 46.6 Å². The highest BCUT2D eigenvalue weighted by Crippen LogP contribution is 2.29. The van der Waals surface area contributed by atoms with Crippen molar-refractivity contribution in [2.45, 2.75) is 6.61 Å². The summed E-state index contributed by atoms with van der Waals surface area (Å²) < 4.78 is 5.70. The van der Waals surface area contributed by atoms with E-state index < -0.39 is 0 Å². The molecule has 0 fully saturated rings. The lowest BCUT2D eigenvalue weighted by Crippen LogP contribution is -2.21. The van der Waals surface area contributed by atoms with E-state index in [9.17, 15) is 0 Å². The summed E-state index contributed by atoms with van der Waals surface area (Å²) in [6.45, 7) is 0.230. The highest BCUT2D eigenvalue weighted by atomic mass is 35.5. The lowest BCUT2D eigenvalue weighted by Gasteiger charge is -2.10.